The number of nitrogens with one attached hydrogen (secondary N) is 1. The van der Waals surface area contributed by atoms with Gasteiger partial charge in [-0.3, -0.25) is 4.79 Å². The van der Waals surface area contributed by atoms with E-state index < -0.39 is 6.10 Å². The van der Waals surface area contributed by atoms with E-state index in [1.54, 1.807) is 0 Å². The molecule has 2 aromatic rings. The van der Waals surface area contributed by atoms with Gasteiger partial charge in [-0.05, 0) is 30.0 Å². The molecular formula is C21H24N4O2. The van der Waals surface area contributed by atoms with Crippen LogP contribution in [0, 0.1) is 0 Å². The van der Waals surface area contributed by atoms with Crippen molar-refractivity contribution in [3.8, 4) is 0 Å². The van der Waals surface area contributed by atoms with Gasteiger partial charge in [0.1, 0.15) is 5.82 Å². The van der Waals surface area contributed by atoms with Crippen LogP contribution in [0.25, 0.3) is 0 Å². The summed E-state index contributed by atoms with van der Waals surface area (Å²) in [6.45, 7) is 4.21. The summed E-state index contributed by atoms with van der Waals surface area (Å²) in [4.78, 5) is 24.5. The fourth-order valence-electron chi connectivity index (χ4n) is 3.60. The van der Waals surface area contributed by atoms with Gasteiger partial charge < -0.3 is 15.1 Å². The molecule has 1 aromatic heterocycles. The van der Waals surface area contributed by atoms with E-state index in [9.17, 15) is 4.79 Å². The van der Waals surface area contributed by atoms with Gasteiger partial charge in [0.15, 0.2) is 0 Å². The summed E-state index contributed by atoms with van der Waals surface area (Å²) in [6, 6.07) is 12.5. The molecule has 1 N–H and O–H groups in total. The van der Waals surface area contributed by atoms with E-state index in [1.165, 1.54) is 11.1 Å². The first-order chi connectivity index (χ1) is 13.2. The van der Waals surface area contributed by atoms with Gasteiger partial charge in [0.2, 0.25) is 6.10 Å². The van der Waals surface area contributed by atoms with Crippen molar-refractivity contribution in [2.24, 2.45) is 5.16 Å². The van der Waals surface area contributed by atoms with Crippen molar-refractivity contribution in [2.45, 2.75) is 45.4 Å². The number of hydrogen-bond acceptors (Lipinski definition) is 5. The Hall–Kier alpha value is -2.89. The second-order valence-corrected chi connectivity index (χ2v) is 6.95. The normalized spacial score (nSPS) is 18.5. The van der Waals surface area contributed by atoms with Gasteiger partial charge in [-0.25, -0.2) is 4.98 Å². The number of oxime groups is 1. The summed E-state index contributed by atoms with van der Waals surface area (Å²) in [5.74, 6) is 0.811. The number of rotatable bonds is 5. The first-order valence-corrected chi connectivity index (χ1v) is 9.49. The molecule has 0 spiro atoms. The van der Waals surface area contributed by atoms with Crippen molar-refractivity contribution in [2.75, 3.05) is 11.4 Å². The third-order valence-corrected chi connectivity index (χ3v) is 5.18. The molecule has 6 heteroatoms. The molecule has 0 fully saturated rings. The number of carbonyl (C=O) groups excluding carboxylic acids is 1. The van der Waals surface area contributed by atoms with Gasteiger partial charge in [-0.2, -0.15) is 0 Å². The van der Waals surface area contributed by atoms with Crippen LogP contribution in [-0.4, -0.2) is 29.3 Å². The number of nitrogens with zero attached hydrogens (tertiary/aromatic N) is 3. The molecule has 3 heterocycles. The highest BCUT2D eigenvalue weighted by Gasteiger charge is 2.27. The van der Waals surface area contributed by atoms with Crippen LogP contribution >= 0.6 is 0 Å². The Morgan fingerprint density at radius 1 is 1.26 bits per heavy atom. The first kappa shape index (κ1) is 17.5. The summed E-state index contributed by atoms with van der Waals surface area (Å²) in [5, 5.41) is 6.94. The van der Waals surface area contributed by atoms with Crippen molar-refractivity contribution < 1.29 is 9.63 Å². The van der Waals surface area contributed by atoms with Crippen LogP contribution in [0.5, 0.6) is 0 Å². The average molecular weight is 364 g/mol. The lowest BCUT2D eigenvalue weighted by Gasteiger charge is -2.31. The first-order valence-electron chi connectivity index (χ1n) is 9.49. The zero-order valence-electron chi connectivity index (χ0n) is 15.5. The lowest BCUT2D eigenvalue weighted by Crippen LogP contribution is -2.36. The molecule has 0 saturated carbocycles. The number of pyridine rings is 1. The Morgan fingerprint density at radius 3 is 2.93 bits per heavy atom. The summed E-state index contributed by atoms with van der Waals surface area (Å²) in [7, 11) is 0. The number of carbonyl (C=O) groups is 1. The minimum atomic E-state index is -0.512. The summed E-state index contributed by atoms with van der Waals surface area (Å²) >= 11 is 0. The van der Waals surface area contributed by atoms with Gasteiger partial charge in [-0.15, -0.1) is 0 Å². The number of hydrogen-bond donors (Lipinski definition) is 1. The molecule has 1 atom stereocenters. The Bertz CT molecular complexity index is 865. The van der Waals surface area contributed by atoms with Crippen LogP contribution in [0.4, 0.5) is 5.82 Å². The van der Waals surface area contributed by atoms with Crippen LogP contribution in [0.1, 0.15) is 36.5 Å². The molecule has 2 aliphatic rings. The van der Waals surface area contributed by atoms with Crippen molar-refractivity contribution in [1.29, 1.82) is 0 Å². The summed E-state index contributed by atoms with van der Waals surface area (Å²) < 4.78 is 0. The topological polar surface area (TPSA) is 66.8 Å². The molecule has 0 aliphatic carbocycles. The number of aromatic nitrogens is 1. The van der Waals surface area contributed by atoms with E-state index in [0.717, 1.165) is 43.0 Å². The predicted molar refractivity (Wildman–Crippen MR) is 104 cm³/mol. The number of anilines is 1. The Kier molecular flexibility index (Phi) is 5.05. The van der Waals surface area contributed by atoms with Gasteiger partial charge in [-0.1, -0.05) is 42.4 Å². The minimum Gasteiger partial charge on any atom is -0.382 e. The SMILES string of the molecule is CCC1=NO[C@@H](C(=O)NCc2cccnc2N2CCc3ccccc3C2)C1. The zero-order valence-corrected chi connectivity index (χ0v) is 15.5. The van der Waals surface area contributed by atoms with Gasteiger partial charge in [0.05, 0.1) is 5.71 Å². The van der Waals surface area contributed by atoms with E-state index in [4.69, 9.17) is 4.84 Å². The van der Waals surface area contributed by atoms with Gasteiger partial charge in [0.25, 0.3) is 5.91 Å². The van der Waals surface area contributed by atoms with Crippen molar-refractivity contribution in [1.82, 2.24) is 10.3 Å². The fourth-order valence-corrected chi connectivity index (χ4v) is 3.60. The molecule has 0 bridgehead atoms. The Labute approximate surface area is 159 Å². The van der Waals surface area contributed by atoms with Crippen LogP contribution in [0.2, 0.25) is 0 Å². The monoisotopic (exact) mass is 364 g/mol. The highest BCUT2D eigenvalue weighted by Crippen LogP contribution is 2.25. The zero-order chi connectivity index (χ0) is 18.6. The van der Waals surface area contributed by atoms with Crippen LogP contribution in [-0.2, 0) is 29.1 Å². The Balaban J connectivity index is 1.42. The predicted octanol–water partition coefficient (Wildman–Crippen LogP) is 2.82. The van der Waals surface area contributed by atoms with E-state index in [0.29, 0.717) is 13.0 Å². The van der Waals surface area contributed by atoms with E-state index in [1.807, 2.05) is 25.3 Å². The van der Waals surface area contributed by atoms with Crippen molar-refractivity contribution in [3.63, 3.8) is 0 Å². The maximum absolute atomic E-state index is 12.4. The standard InChI is InChI=1S/C21H24N4O2/c1-2-18-12-19(27-24-18)21(26)23-13-16-8-5-10-22-20(16)25-11-9-15-6-3-4-7-17(15)14-25/h3-8,10,19H,2,9,11-14H2,1H3,(H,23,26)/t19-/m1/s1. The third kappa shape index (κ3) is 3.79. The lowest BCUT2D eigenvalue weighted by molar-refractivity contribution is -0.131. The molecule has 2 aliphatic heterocycles. The molecule has 0 unspecified atom stereocenters. The molecule has 0 saturated heterocycles. The molecule has 140 valence electrons. The average Bonchev–Trinajstić information content (AvgIpc) is 3.21. The second-order valence-electron chi connectivity index (χ2n) is 6.95. The largest absolute Gasteiger partial charge is 0.382 e. The van der Waals surface area contributed by atoms with E-state index in [2.05, 4.69) is 44.6 Å². The third-order valence-electron chi connectivity index (χ3n) is 5.18. The van der Waals surface area contributed by atoms with Crippen LogP contribution in [0.3, 0.4) is 0 Å². The van der Waals surface area contributed by atoms with Crippen molar-refractivity contribution in [3.05, 3.63) is 59.3 Å². The molecule has 6 nitrogen and oxygen atoms in total. The van der Waals surface area contributed by atoms with Crippen LogP contribution < -0.4 is 10.2 Å². The Morgan fingerprint density at radius 2 is 2.11 bits per heavy atom. The molecule has 27 heavy (non-hydrogen) atoms. The molecular weight excluding hydrogens is 340 g/mol. The highest BCUT2D eigenvalue weighted by atomic mass is 16.6. The fraction of sp³-hybridized carbons (Fsp3) is 0.381. The quantitative estimate of drug-likeness (QED) is 0.886. The number of benzene rings is 1. The molecule has 0 radical (unpaired) electrons. The number of amides is 1. The maximum Gasteiger partial charge on any atom is 0.264 e. The summed E-state index contributed by atoms with van der Waals surface area (Å²) in [6.07, 6.45) is 3.69. The smallest absolute Gasteiger partial charge is 0.264 e. The van der Waals surface area contributed by atoms with Crippen LogP contribution in [0.15, 0.2) is 47.8 Å². The molecule has 1 amide bonds. The summed E-state index contributed by atoms with van der Waals surface area (Å²) in [5.41, 5.74) is 4.70. The molecule has 4 rings (SSSR count). The maximum atomic E-state index is 12.4. The van der Waals surface area contributed by atoms with Crippen molar-refractivity contribution >= 4 is 17.4 Å². The van der Waals surface area contributed by atoms with E-state index in [-0.39, 0.29) is 5.91 Å². The van der Waals surface area contributed by atoms with Gasteiger partial charge >= 0.3 is 0 Å². The van der Waals surface area contributed by atoms with Gasteiger partial charge in [0, 0.05) is 37.8 Å². The number of fused-ring (bicyclic) bond motifs is 1. The minimum absolute atomic E-state index is 0.124. The lowest BCUT2D eigenvalue weighted by atomic mass is 9.99. The highest BCUT2D eigenvalue weighted by molar-refractivity contribution is 5.92. The molecule has 1 aromatic carbocycles. The second kappa shape index (κ2) is 7.78. The van der Waals surface area contributed by atoms with E-state index >= 15 is 0 Å².